The van der Waals surface area contributed by atoms with Gasteiger partial charge in [-0.15, -0.1) is 0 Å². The van der Waals surface area contributed by atoms with Gasteiger partial charge < -0.3 is 20.9 Å². The summed E-state index contributed by atoms with van der Waals surface area (Å²) < 4.78 is 4.23. The average molecular weight is 190 g/mol. The fourth-order valence-electron chi connectivity index (χ4n) is 0.578. The molecule has 0 fully saturated rings. The molecule has 13 heavy (non-hydrogen) atoms. The van der Waals surface area contributed by atoms with Crippen LogP contribution in [-0.2, 0) is 14.3 Å². The third kappa shape index (κ3) is 4.44. The van der Waals surface area contributed by atoms with Crippen molar-refractivity contribution in [2.24, 2.45) is 5.73 Å². The number of nitrogens with one attached hydrogen (secondary N) is 1. The number of rotatable bonds is 4. The van der Waals surface area contributed by atoms with Gasteiger partial charge in [-0.05, 0) is 6.92 Å². The highest BCUT2D eigenvalue weighted by Gasteiger charge is 2.16. The number of hydrogen-bond donors (Lipinski definition) is 3. The van der Waals surface area contributed by atoms with Gasteiger partial charge in [-0.1, -0.05) is 0 Å². The Balaban J connectivity index is 3.76. The van der Waals surface area contributed by atoms with Crippen LogP contribution in [0.15, 0.2) is 0 Å². The zero-order valence-electron chi connectivity index (χ0n) is 7.61. The van der Waals surface area contributed by atoms with Crippen LogP contribution in [0.3, 0.4) is 0 Å². The van der Waals surface area contributed by atoms with Crippen LogP contribution in [0.1, 0.15) is 6.92 Å². The molecule has 0 saturated heterocycles. The zero-order valence-corrected chi connectivity index (χ0v) is 7.61. The number of hydrogen-bond acceptors (Lipinski definition) is 5. The molecule has 0 aromatic heterocycles. The molecule has 0 spiro atoms. The molecular formula is C7H14N2O4. The third-order valence-electron chi connectivity index (χ3n) is 1.36. The standard InChI is InChI=1S/C7H14N2O4/c1-4(8)6(11)9-3-5(10)7(12)13-2/h4-5,10H,3,8H2,1-2H3,(H,9,11)/t4-,5?/m1/s1. The first-order valence-corrected chi connectivity index (χ1v) is 3.78. The minimum Gasteiger partial charge on any atom is -0.467 e. The van der Waals surface area contributed by atoms with E-state index in [0.717, 1.165) is 7.11 Å². The molecule has 0 rings (SSSR count). The van der Waals surface area contributed by atoms with Crippen molar-refractivity contribution in [3.8, 4) is 0 Å². The molecule has 0 heterocycles. The van der Waals surface area contributed by atoms with Gasteiger partial charge in [0.15, 0.2) is 6.10 Å². The van der Waals surface area contributed by atoms with Crippen LogP contribution in [0.4, 0.5) is 0 Å². The van der Waals surface area contributed by atoms with Gasteiger partial charge in [0.1, 0.15) is 0 Å². The van der Waals surface area contributed by atoms with Crippen LogP contribution in [0, 0.1) is 0 Å². The summed E-state index contributed by atoms with van der Waals surface area (Å²) >= 11 is 0. The third-order valence-corrected chi connectivity index (χ3v) is 1.36. The lowest BCUT2D eigenvalue weighted by Crippen LogP contribution is -2.43. The number of aliphatic hydroxyl groups is 1. The number of amides is 1. The lowest BCUT2D eigenvalue weighted by molar-refractivity contribution is -0.150. The summed E-state index contributed by atoms with van der Waals surface area (Å²) in [5, 5.41) is 11.3. The molecule has 0 aliphatic carbocycles. The first kappa shape index (κ1) is 11.9. The zero-order chi connectivity index (χ0) is 10.4. The number of aliphatic hydroxyl groups excluding tert-OH is 1. The van der Waals surface area contributed by atoms with Gasteiger partial charge >= 0.3 is 5.97 Å². The molecule has 0 bridgehead atoms. The fourth-order valence-corrected chi connectivity index (χ4v) is 0.578. The van der Waals surface area contributed by atoms with Crippen molar-refractivity contribution in [1.29, 1.82) is 0 Å². The Morgan fingerprint density at radius 3 is 2.54 bits per heavy atom. The molecule has 6 nitrogen and oxygen atoms in total. The molecule has 0 saturated carbocycles. The predicted octanol–water partition coefficient (Wildman–Crippen LogP) is -2.02. The Bertz CT molecular complexity index is 193. The Kier molecular flexibility index (Phi) is 5.01. The molecule has 0 aromatic carbocycles. The van der Waals surface area contributed by atoms with E-state index in [1.165, 1.54) is 6.92 Å². The van der Waals surface area contributed by atoms with Crippen molar-refractivity contribution in [3.63, 3.8) is 0 Å². The molecule has 0 aromatic rings. The van der Waals surface area contributed by atoms with E-state index in [1.807, 2.05) is 0 Å². The maximum absolute atomic E-state index is 10.9. The van der Waals surface area contributed by atoms with E-state index < -0.39 is 24.0 Å². The lowest BCUT2D eigenvalue weighted by Gasteiger charge is -2.10. The van der Waals surface area contributed by atoms with Gasteiger partial charge in [0, 0.05) is 0 Å². The highest BCUT2D eigenvalue weighted by atomic mass is 16.5. The van der Waals surface area contributed by atoms with Gasteiger partial charge in [0.05, 0.1) is 19.7 Å². The molecular weight excluding hydrogens is 176 g/mol. The number of carbonyl (C=O) groups excluding carboxylic acids is 2. The Morgan fingerprint density at radius 2 is 2.15 bits per heavy atom. The van der Waals surface area contributed by atoms with Gasteiger partial charge in [0.25, 0.3) is 0 Å². The quantitative estimate of drug-likeness (QED) is 0.444. The summed E-state index contributed by atoms with van der Waals surface area (Å²) in [6.45, 7) is 1.31. The monoisotopic (exact) mass is 190 g/mol. The summed E-state index contributed by atoms with van der Waals surface area (Å²) in [6.07, 6.45) is -1.34. The molecule has 0 aliphatic rings. The second kappa shape index (κ2) is 5.50. The molecule has 0 aliphatic heterocycles. The van der Waals surface area contributed by atoms with Crippen molar-refractivity contribution in [1.82, 2.24) is 5.32 Å². The van der Waals surface area contributed by atoms with Crippen LogP contribution in [-0.4, -0.2) is 42.8 Å². The first-order valence-electron chi connectivity index (χ1n) is 3.78. The molecule has 0 radical (unpaired) electrons. The summed E-state index contributed by atoms with van der Waals surface area (Å²) in [4.78, 5) is 21.5. The lowest BCUT2D eigenvalue weighted by atomic mass is 10.3. The van der Waals surface area contributed by atoms with Gasteiger partial charge in [-0.25, -0.2) is 4.79 Å². The van der Waals surface area contributed by atoms with Crippen molar-refractivity contribution in [2.45, 2.75) is 19.1 Å². The summed E-state index contributed by atoms with van der Waals surface area (Å²) in [5.41, 5.74) is 5.22. The number of methoxy groups -OCH3 is 1. The fraction of sp³-hybridized carbons (Fsp3) is 0.714. The summed E-state index contributed by atoms with van der Waals surface area (Å²) in [7, 11) is 1.15. The number of esters is 1. The van der Waals surface area contributed by atoms with Gasteiger partial charge in [-0.2, -0.15) is 0 Å². The highest BCUT2D eigenvalue weighted by molar-refractivity contribution is 5.82. The van der Waals surface area contributed by atoms with Crippen LogP contribution >= 0.6 is 0 Å². The smallest absolute Gasteiger partial charge is 0.336 e. The van der Waals surface area contributed by atoms with E-state index in [-0.39, 0.29) is 6.54 Å². The van der Waals surface area contributed by atoms with E-state index in [0.29, 0.717) is 0 Å². The molecule has 1 amide bonds. The Labute approximate surface area is 76.0 Å². The van der Waals surface area contributed by atoms with Crippen molar-refractivity contribution < 1.29 is 19.4 Å². The molecule has 76 valence electrons. The van der Waals surface area contributed by atoms with E-state index in [1.54, 1.807) is 0 Å². The van der Waals surface area contributed by atoms with E-state index >= 15 is 0 Å². The number of nitrogens with two attached hydrogens (primary N) is 1. The van der Waals surface area contributed by atoms with E-state index in [4.69, 9.17) is 10.8 Å². The van der Waals surface area contributed by atoms with Crippen LogP contribution in [0.5, 0.6) is 0 Å². The van der Waals surface area contributed by atoms with Gasteiger partial charge in [0.2, 0.25) is 5.91 Å². The normalized spacial score (nSPS) is 14.5. The second-order valence-electron chi connectivity index (χ2n) is 2.57. The molecule has 6 heteroatoms. The Morgan fingerprint density at radius 1 is 1.62 bits per heavy atom. The highest BCUT2D eigenvalue weighted by Crippen LogP contribution is 1.85. The molecule has 1 unspecified atom stereocenters. The second-order valence-corrected chi connectivity index (χ2v) is 2.57. The minimum atomic E-state index is -1.34. The largest absolute Gasteiger partial charge is 0.467 e. The Hall–Kier alpha value is -1.14. The summed E-state index contributed by atoms with van der Waals surface area (Å²) in [5.74, 6) is -1.21. The minimum absolute atomic E-state index is 0.187. The summed E-state index contributed by atoms with van der Waals surface area (Å²) in [6, 6.07) is -0.662. The maximum Gasteiger partial charge on any atom is 0.336 e. The average Bonchev–Trinajstić information content (AvgIpc) is 2.11. The van der Waals surface area contributed by atoms with Crippen LogP contribution < -0.4 is 11.1 Å². The SMILES string of the molecule is COC(=O)C(O)CNC(=O)[C@@H](C)N. The van der Waals surface area contributed by atoms with Gasteiger partial charge in [-0.3, -0.25) is 4.79 Å². The molecule has 4 N–H and O–H groups in total. The van der Waals surface area contributed by atoms with Crippen LogP contribution in [0.25, 0.3) is 0 Å². The first-order chi connectivity index (χ1) is 5.99. The van der Waals surface area contributed by atoms with Crippen molar-refractivity contribution in [3.05, 3.63) is 0 Å². The van der Waals surface area contributed by atoms with Crippen molar-refractivity contribution >= 4 is 11.9 Å². The molecule has 2 atom stereocenters. The predicted molar refractivity (Wildman–Crippen MR) is 44.7 cm³/mol. The van der Waals surface area contributed by atoms with E-state index in [9.17, 15) is 9.59 Å². The topological polar surface area (TPSA) is 102 Å². The van der Waals surface area contributed by atoms with Crippen LogP contribution in [0.2, 0.25) is 0 Å². The van der Waals surface area contributed by atoms with Crippen molar-refractivity contribution in [2.75, 3.05) is 13.7 Å². The maximum atomic E-state index is 10.9. The number of carbonyl (C=O) groups is 2. The van der Waals surface area contributed by atoms with E-state index in [2.05, 4.69) is 10.1 Å². The number of ether oxygens (including phenoxy) is 1.